The third-order valence-electron chi connectivity index (χ3n) is 5.24. The van der Waals surface area contributed by atoms with Crippen molar-refractivity contribution in [3.63, 3.8) is 0 Å². The van der Waals surface area contributed by atoms with Crippen molar-refractivity contribution < 1.29 is 9.47 Å². The molecule has 1 saturated heterocycles. The van der Waals surface area contributed by atoms with Gasteiger partial charge in [0.1, 0.15) is 17.9 Å². The predicted octanol–water partition coefficient (Wildman–Crippen LogP) is 5.66. The lowest BCUT2D eigenvalue weighted by Gasteiger charge is -2.23. The van der Waals surface area contributed by atoms with Crippen LogP contribution in [0.15, 0.2) is 48.8 Å². The van der Waals surface area contributed by atoms with Gasteiger partial charge in [-0.1, -0.05) is 32.0 Å². The Labute approximate surface area is 172 Å². The monoisotopic (exact) mass is 391 g/mol. The van der Waals surface area contributed by atoms with Crippen molar-refractivity contribution in [2.75, 3.05) is 18.5 Å². The van der Waals surface area contributed by atoms with Crippen molar-refractivity contribution in [2.24, 2.45) is 5.92 Å². The molecule has 0 radical (unpaired) electrons. The fourth-order valence-electron chi connectivity index (χ4n) is 3.54. The summed E-state index contributed by atoms with van der Waals surface area (Å²) >= 11 is 0. The maximum absolute atomic E-state index is 5.95. The van der Waals surface area contributed by atoms with Gasteiger partial charge in [-0.2, -0.15) is 0 Å². The van der Waals surface area contributed by atoms with E-state index in [1.807, 2.05) is 12.1 Å². The molecule has 0 amide bonds. The zero-order valence-electron chi connectivity index (χ0n) is 17.2. The molecule has 2 aromatic carbocycles. The fourth-order valence-corrected chi connectivity index (χ4v) is 3.54. The number of hydrogen-bond donors (Lipinski definition) is 1. The van der Waals surface area contributed by atoms with E-state index in [9.17, 15) is 0 Å². The Hall–Kier alpha value is -2.66. The van der Waals surface area contributed by atoms with E-state index in [1.165, 1.54) is 0 Å². The molecule has 5 heteroatoms. The first-order valence-electron chi connectivity index (χ1n) is 10.6. The predicted molar refractivity (Wildman–Crippen MR) is 117 cm³/mol. The molecule has 4 rings (SSSR count). The van der Waals surface area contributed by atoms with E-state index in [1.54, 1.807) is 6.33 Å². The number of rotatable bonds is 7. The van der Waals surface area contributed by atoms with Crippen molar-refractivity contribution in [1.29, 1.82) is 0 Å². The molecule has 152 valence electrons. The van der Waals surface area contributed by atoms with Gasteiger partial charge in [-0.25, -0.2) is 9.97 Å². The van der Waals surface area contributed by atoms with Crippen molar-refractivity contribution in [2.45, 2.75) is 45.8 Å². The highest BCUT2D eigenvalue weighted by atomic mass is 16.7. The van der Waals surface area contributed by atoms with Crippen molar-refractivity contribution in [1.82, 2.24) is 9.97 Å². The van der Waals surface area contributed by atoms with Gasteiger partial charge in [0.25, 0.3) is 0 Å². The highest BCUT2D eigenvalue weighted by Gasteiger charge is 2.15. The van der Waals surface area contributed by atoms with E-state index in [0.29, 0.717) is 5.92 Å². The Bertz CT molecular complexity index is 935. The summed E-state index contributed by atoms with van der Waals surface area (Å²) < 4.78 is 11.6. The number of benzene rings is 2. The lowest BCUT2D eigenvalue weighted by atomic mass is 10.0. The van der Waals surface area contributed by atoms with E-state index in [2.05, 4.69) is 59.5 Å². The molecular formula is C24H29N3O2. The van der Waals surface area contributed by atoms with Gasteiger partial charge in [0, 0.05) is 18.4 Å². The second kappa shape index (κ2) is 9.23. The summed E-state index contributed by atoms with van der Waals surface area (Å²) in [6.07, 6.45) is 5.86. The van der Waals surface area contributed by atoms with Crippen LogP contribution in [0.4, 0.5) is 5.82 Å². The first kappa shape index (κ1) is 19.6. The molecule has 29 heavy (non-hydrogen) atoms. The second-order valence-corrected chi connectivity index (χ2v) is 8.00. The van der Waals surface area contributed by atoms with Gasteiger partial charge >= 0.3 is 0 Å². The van der Waals surface area contributed by atoms with E-state index < -0.39 is 0 Å². The molecule has 1 aliphatic heterocycles. The third-order valence-corrected chi connectivity index (χ3v) is 5.24. The molecule has 0 spiro atoms. The van der Waals surface area contributed by atoms with Crippen LogP contribution in [-0.4, -0.2) is 29.4 Å². The van der Waals surface area contributed by atoms with Crippen LogP contribution in [0, 0.1) is 5.92 Å². The van der Waals surface area contributed by atoms with Gasteiger partial charge in [0.05, 0.1) is 12.1 Å². The number of anilines is 1. The number of ether oxygens (including phenoxy) is 2. The van der Waals surface area contributed by atoms with E-state index >= 15 is 0 Å². The average Bonchev–Trinajstić information content (AvgIpc) is 2.75. The summed E-state index contributed by atoms with van der Waals surface area (Å²) in [5, 5.41) is 4.51. The molecule has 0 saturated carbocycles. The van der Waals surface area contributed by atoms with Gasteiger partial charge < -0.3 is 14.8 Å². The van der Waals surface area contributed by atoms with E-state index in [0.717, 1.165) is 72.4 Å². The largest absolute Gasteiger partial charge is 0.465 e. The fraction of sp³-hybridized carbons (Fsp3) is 0.417. The van der Waals surface area contributed by atoms with Crippen molar-refractivity contribution in [3.05, 3.63) is 48.8 Å². The number of fused-ring (bicyclic) bond motifs is 1. The molecule has 1 fully saturated rings. The topological polar surface area (TPSA) is 56.3 Å². The van der Waals surface area contributed by atoms with Crippen LogP contribution in [0.3, 0.4) is 0 Å². The molecule has 1 aliphatic rings. The maximum atomic E-state index is 5.95. The molecule has 1 aromatic heterocycles. The molecule has 1 unspecified atom stereocenters. The molecule has 3 aromatic rings. The number of nitrogens with zero attached hydrogens (tertiary/aromatic N) is 2. The summed E-state index contributed by atoms with van der Waals surface area (Å²) in [6, 6.07) is 14.5. The molecular weight excluding hydrogens is 362 g/mol. The third kappa shape index (κ3) is 5.04. The Morgan fingerprint density at radius 3 is 2.66 bits per heavy atom. The normalized spacial score (nSPS) is 16.9. The summed E-state index contributed by atoms with van der Waals surface area (Å²) in [4.78, 5) is 8.88. The van der Waals surface area contributed by atoms with Gasteiger partial charge in [0.2, 0.25) is 0 Å². The van der Waals surface area contributed by atoms with Crippen LogP contribution in [0.5, 0.6) is 5.75 Å². The quantitative estimate of drug-likeness (QED) is 0.563. The zero-order valence-corrected chi connectivity index (χ0v) is 17.2. The standard InChI is InChI=1S/C24H29N3O2/c1-17(2)12-13-25-24-21-15-19(8-11-22(21)26-16-27-24)18-6-9-20(10-7-18)29-23-5-3-4-14-28-23/h6-11,15-17,23H,3-5,12-14H2,1-2H3,(H,25,26,27). The summed E-state index contributed by atoms with van der Waals surface area (Å²) in [5.74, 6) is 2.40. The van der Waals surface area contributed by atoms with Gasteiger partial charge in [-0.3, -0.25) is 0 Å². The molecule has 1 N–H and O–H groups in total. The van der Waals surface area contributed by atoms with Crippen LogP contribution in [0.2, 0.25) is 0 Å². The lowest BCUT2D eigenvalue weighted by Crippen LogP contribution is -2.24. The van der Waals surface area contributed by atoms with Crippen LogP contribution in [-0.2, 0) is 4.74 Å². The minimum absolute atomic E-state index is 0.119. The number of nitrogens with one attached hydrogen (secondary N) is 1. The highest BCUT2D eigenvalue weighted by Crippen LogP contribution is 2.29. The average molecular weight is 392 g/mol. The first-order valence-corrected chi connectivity index (χ1v) is 10.6. The molecule has 1 atom stereocenters. The maximum Gasteiger partial charge on any atom is 0.199 e. The number of hydrogen-bond acceptors (Lipinski definition) is 5. The minimum Gasteiger partial charge on any atom is -0.465 e. The Balaban J connectivity index is 1.52. The van der Waals surface area contributed by atoms with Crippen LogP contribution < -0.4 is 10.1 Å². The first-order chi connectivity index (χ1) is 14.2. The van der Waals surface area contributed by atoms with Crippen LogP contribution in [0.25, 0.3) is 22.0 Å². The van der Waals surface area contributed by atoms with Crippen molar-refractivity contribution >= 4 is 16.7 Å². The summed E-state index contributed by atoms with van der Waals surface area (Å²) in [5.41, 5.74) is 3.23. The zero-order chi connectivity index (χ0) is 20.1. The lowest BCUT2D eigenvalue weighted by molar-refractivity contribution is -0.105. The van der Waals surface area contributed by atoms with Gasteiger partial charge in [0.15, 0.2) is 6.29 Å². The van der Waals surface area contributed by atoms with E-state index in [-0.39, 0.29) is 6.29 Å². The second-order valence-electron chi connectivity index (χ2n) is 8.00. The van der Waals surface area contributed by atoms with Crippen LogP contribution >= 0.6 is 0 Å². The molecule has 0 bridgehead atoms. The number of aromatic nitrogens is 2. The molecule has 5 nitrogen and oxygen atoms in total. The summed E-state index contributed by atoms with van der Waals surface area (Å²) in [7, 11) is 0. The minimum atomic E-state index is -0.119. The van der Waals surface area contributed by atoms with Crippen LogP contribution in [0.1, 0.15) is 39.5 Å². The van der Waals surface area contributed by atoms with Gasteiger partial charge in [-0.15, -0.1) is 0 Å². The highest BCUT2D eigenvalue weighted by molar-refractivity contribution is 5.92. The summed E-state index contributed by atoms with van der Waals surface area (Å²) in [6.45, 7) is 6.15. The van der Waals surface area contributed by atoms with Crippen molar-refractivity contribution in [3.8, 4) is 16.9 Å². The molecule has 2 heterocycles. The molecule has 0 aliphatic carbocycles. The smallest absolute Gasteiger partial charge is 0.199 e. The SMILES string of the molecule is CC(C)CCNc1ncnc2ccc(-c3ccc(OC4CCCCO4)cc3)cc12. The van der Waals surface area contributed by atoms with Gasteiger partial charge in [-0.05, 0) is 60.6 Å². The Morgan fingerprint density at radius 2 is 1.90 bits per heavy atom. The Kier molecular flexibility index (Phi) is 6.25. The Morgan fingerprint density at radius 1 is 1.07 bits per heavy atom. The van der Waals surface area contributed by atoms with E-state index in [4.69, 9.17) is 9.47 Å².